The van der Waals surface area contributed by atoms with E-state index in [0.29, 0.717) is 5.02 Å². The fraction of sp³-hybridized carbons (Fsp3) is 0.100. The Bertz CT molecular complexity index is 426. The summed E-state index contributed by atoms with van der Waals surface area (Å²) in [6, 6.07) is 5.49. The van der Waals surface area contributed by atoms with Gasteiger partial charge in [-0.05, 0) is 12.1 Å². The smallest absolute Gasteiger partial charge is 0.144 e. The summed E-state index contributed by atoms with van der Waals surface area (Å²) in [5.41, 5.74) is 0.925. The molecule has 3 nitrogen and oxygen atoms in total. The Morgan fingerprint density at radius 2 is 2.29 bits per heavy atom. The summed E-state index contributed by atoms with van der Waals surface area (Å²) in [7, 11) is 1.62. The predicted octanol–water partition coefficient (Wildman–Crippen LogP) is 2.53. The predicted molar refractivity (Wildman–Crippen MR) is 55.1 cm³/mol. The Morgan fingerprint density at radius 3 is 2.93 bits per heavy atom. The largest absolute Gasteiger partial charge is 0.495 e. The lowest BCUT2D eigenvalue weighted by molar-refractivity contribution is 0.413. The molecule has 0 N–H and O–H groups in total. The topological polar surface area (TPSA) is 27.1 Å². The van der Waals surface area contributed by atoms with Crippen LogP contribution in [0.25, 0.3) is 5.69 Å². The lowest BCUT2D eigenvalue weighted by atomic mass is 10.3. The van der Waals surface area contributed by atoms with Gasteiger partial charge in [0.25, 0.3) is 0 Å². The zero-order valence-corrected chi connectivity index (χ0v) is 8.40. The third-order valence-corrected chi connectivity index (χ3v) is 2.16. The van der Waals surface area contributed by atoms with Gasteiger partial charge in [0.1, 0.15) is 5.75 Å². The van der Waals surface area contributed by atoms with E-state index in [1.54, 1.807) is 25.7 Å². The number of methoxy groups -OCH3 is 1. The van der Waals surface area contributed by atoms with Crippen LogP contribution < -0.4 is 4.74 Å². The Labute approximate surface area is 86.9 Å². The van der Waals surface area contributed by atoms with Crippen molar-refractivity contribution in [3.63, 3.8) is 0 Å². The van der Waals surface area contributed by atoms with Crippen LogP contribution in [-0.2, 0) is 0 Å². The van der Waals surface area contributed by atoms with Gasteiger partial charge < -0.3 is 9.30 Å². The molecule has 0 unspecified atom stereocenters. The van der Waals surface area contributed by atoms with Crippen LogP contribution in [0.4, 0.5) is 0 Å². The van der Waals surface area contributed by atoms with Gasteiger partial charge in [-0.3, -0.25) is 0 Å². The maximum Gasteiger partial charge on any atom is 0.144 e. The van der Waals surface area contributed by atoms with Crippen molar-refractivity contribution in [3.05, 3.63) is 41.9 Å². The molecule has 14 heavy (non-hydrogen) atoms. The zero-order valence-electron chi connectivity index (χ0n) is 7.64. The summed E-state index contributed by atoms with van der Waals surface area (Å²) in [5, 5.41) is 0.658. The molecule has 0 amide bonds. The molecule has 0 fully saturated rings. The van der Waals surface area contributed by atoms with E-state index in [0.717, 1.165) is 11.4 Å². The maximum absolute atomic E-state index is 5.85. The number of benzene rings is 1. The molecule has 1 aromatic heterocycles. The average Bonchev–Trinajstić information content (AvgIpc) is 2.70. The quantitative estimate of drug-likeness (QED) is 0.759. The van der Waals surface area contributed by atoms with E-state index < -0.39 is 0 Å². The normalized spacial score (nSPS) is 10.1. The molecule has 2 aromatic rings. The van der Waals surface area contributed by atoms with Gasteiger partial charge in [0.15, 0.2) is 0 Å². The lowest BCUT2D eigenvalue weighted by Crippen LogP contribution is -1.94. The molecule has 4 heteroatoms. The molecule has 0 bridgehead atoms. The van der Waals surface area contributed by atoms with Crippen LogP contribution in [0.2, 0.25) is 5.02 Å². The van der Waals surface area contributed by atoms with E-state index in [1.807, 2.05) is 22.9 Å². The van der Waals surface area contributed by atoms with Crippen molar-refractivity contribution in [1.29, 1.82) is 0 Å². The Hall–Kier alpha value is -1.48. The van der Waals surface area contributed by atoms with Crippen LogP contribution in [0.15, 0.2) is 36.9 Å². The third-order valence-electron chi connectivity index (χ3n) is 1.92. The molecule has 0 spiro atoms. The first-order chi connectivity index (χ1) is 6.81. The molecule has 1 aromatic carbocycles. The number of hydrogen-bond donors (Lipinski definition) is 0. The number of hydrogen-bond acceptors (Lipinski definition) is 2. The molecular weight excluding hydrogens is 200 g/mol. The zero-order chi connectivity index (χ0) is 9.97. The van der Waals surface area contributed by atoms with E-state index in [2.05, 4.69) is 4.98 Å². The minimum Gasteiger partial charge on any atom is -0.495 e. The molecule has 0 atom stereocenters. The summed E-state index contributed by atoms with van der Waals surface area (Å²) < 4.78 is 7.09. The maximum atomic E-state index is 5.85. The molecule has 0 aliphatic heterocycles. The van der Waals surface area contributed by atoms with E-state index in [9.17, 15) is 0 Å². The summed E-state index contributed by atoms with van der Waals surface area (Å²) in [6.45, 7) is 0. The van der Waals surface area contributed by atoms with Gasteiger partial charge in [-0.25, -0.2) is 4.98 Å². The number of imidazole rings is 1. The summed E-state index contributed by atoms with van der Waals surface area (Å²) >= 11 is 5.85. The number of nitrogens with zero attached hydrogens (tertiary/aromatic N) is 2. The van der Waals surface area contributed by atoms with Gasteiger partial charge in [-0.15, -0.1) is 0 Å². The highest BCUT2D eigenvalue weighted by molar-refractivity contribution is 6.30. The van der Waals surface area contributed by atoms with Crippen LogP contribution in [0.1, 0.15) is 0 Å². The fourth-order valence-corrected chi connectivity index (χ4v) is 1.43. The van der Waals surface area contributed by atoms with Crippen molar-refractivity contribution in [2.24, 2.45) is 0 Å². The van der Waals surface area contributed by atoms with Crippen LogP contribution in [0.3, 0.4) is 0 Å². The Morgan fingerprint density at radius 1 is 1.43 bits per heavy atom. The second kappa shape index (κ2) is 3.72. The highest BCUT2D eigenvalue weighted by Gasteiger charge is 2.04. The van der Waals surface area contributed by atoms with Gasteiger partial charge in [0.05, 0.1) is 19.1 Å². The number of ether oxygens (including phenoxy) is 1. The summed E-state index contributed by atoms with van der Waals surface area (Å²) in [4.78, 5) is 3.97. The average molecular weight is 209 g/mol. The summed E-state index contributed by atoms with van der Waals surface area (Å²) in [5.74, 6) is 0.732. The highest BCUT2D eigenvalue weighted by Crippen LogP contribution is 2.25. The van der Waals surface area contributed by atoms with Crippen molar-refractivity contribution in [2.75, 3.05) is 7.11 Å². The minimum atomic E-state index is 0.658. The van der Waals surface area contributed by atoms with Crippen molar-refractivity contribution < 1.29 is 4.74 Å². The van der Waals surface area contributed by atoms with E-state index in [4.69, 9.17) is 16.3 Å². The van der Waals surface area contributed by atoms with Gasteiger partial charge in [-0.2, -0.15) is 0 Å². The van der Waals surface area contributed by atoms with Crippen molar-refractivity contribution in [1.82, 2.24) is 9.55 Å². The van der Waals surface area contributed by atoms with Gasteiger partial charge in [0, 0.05) is 23.5 Å². The van der Waals surface area contributed by atoms with Gasteiger partial charge in [0.2, 0.25) is 0 Å². The molecule has 1 heterocycles. The lowest BCUT2D eigenvalue weighted by Gasteiger charge is -2.08. The first-order valence-electron chi connectivity index (χ1n) is 4.13. The van der Waals surface area contributed by atoms with Crippen LogP contribution >= 0.6 is 11.6 Å². The van der Waals surface area contributed by atoms with E-state index >= 15 is 0 Å². The molecular formula is C10H9ClN2O. The number of halogens is 1. The second-order valence-corrected chi connectivity index (χ2v) is 3.22. The molecule has 72 valence electrons. The summed E-state index contributed by atoms with van der Waals surface area (Å²) in [6.07, 6.45) is 5.28. The molecule has 0 saturated heterocycles. The van der Waals surface area contributed by atoms with Crippen molar-refractivity contribution in [2.45, 2.75) is 0 Å². The van der Waals surface area contributed by atoms with Crippen LogP contribution in [0, 0.1) is 0 Å². The van der Waals surface area contributed by atoms with Gasteiger partial charge in [-0.1, -0.05) is 11.6 Å². The monoisotopic (exact) mass is 208 g/mol. The first-order valence-corrected chi connectivity index (χ1v) is 4.51. The molecule has 2 rings (SSSR count). The molecule has 0 saturated carbocycles. The van der Waals surface area contributed by atoms with Crippen molar-refractivity contribution in [3.8, 4) is 11.4 Å². The third kappa shape index (κ3) is 1.59. The van der Waals surface area contributed by atoms with E-state index in [1.165, 1.54) is 0 Å². The standard InChI is InChI=1S/C10H9ClN2O/c1-14-10-6-8(11)2-3-9(10)13-5-4-12-7-13/h2-7H,1H3. The van der Waals surface area contributed by atoms with Crippen molar-refractivity contribution >= 4 is 11.6 Å². The highest BCUT2D eigenvalue weighted by atomic mass is 35.5. The molecule has 0 radical (unpaired) electrons. The van der Waals surface area contributed by atoms with Crippen LogP contribution in [0.5, 0.6) is 5.75 Å². The van der Waals surface area contributed by atoms with Crippen LogP contribution in [-0.4, -0.2) is 16.7 Å². The Balaban J connectivity index is 2.53. The molecule has 0 aliphatic carbocycles. The SMILES string of the molecule is COc1cc(Cl)ccc1-n1ccnc1. The Kier molecular flexibility index (Phi) is 2.41. The van der Waals surface area contributed by atoms with E-state index in [-0.39, 0.29) is 0 Å². The number of aromatic nitrogens is 2. The second-order valence-electron chi connectivity index (χ2n) is 2.79. The fourth-order valence-electron chi connectivity index (χ4n) is 1.27. The van der Waals surface area contributed by atoms with Gasteiger partial charge >= 0.3 is 0 Å². The molecule has 0 aliphatic rings. The number of rotatable bonds is 2. The first kappa shape index (κ1) is 9.09. The minimum absolute atomic E-state index is 0.658.